The van der Waals surface area contributed by atoms with Crippen LogP contribution in [0.15, 0.2) is 0 Å². The van der Waals surface area contributed by atoms with Crippen LogP contribution >= 0.6 is 0 Å². The van der Waals surface area contributed by atoms with Crippen molar-refractivity contribution in [1.29, 1.82) is 0 Å². The average Bonchev–Trinajstić information content (AvgIpc) is 2.94. The molecule has 1 amide bonds. The molecule has 6 atom stereocenters. The molecule has 0 aliphatic carbocycles. The minimum Gasteiger partial charge on any atom is -0.374 e. The quantitative estimate of drug-likeness (QED) is 0.753. The molecular weight excluding hydrogens is 228 g/mol. The summed E-state index contributed by atoms with van der Waals surface area (Å²) in [6.45, 7) is 9.28. The molecule has 3 saturated heterocycles. The lowest BCUT2D eigenvalue weighted by molar-refractivity contribution is -0.138. The number of amides is 1. The smallest absolute Gasteiger partial charge is 0.228 e. The second-order valence-corrected chi connectivity index (χ2v) is 6.24. The highest BCUT2D eigenvalue weighted by molar-refractivity contribution is 5.81. The van der Waals surface area contributed by atoms with Crippen LogP contribution in [0.5, 0.6) is 0 Å². The summed E-state index contributed by atoms with van der Waals surface area (Å²) in [5.74, 6) is 1.40. The van der Waals surface area contributed by atoms with Crippen molar-refractivity contribution in [3.63, 3.8) is 0 Å². The summed E-state index contributed by atoms with van der Waals surface area (Å²) in [7, 11) is 0. The average molecular weight is 252 g/mol. The lowest BCUT2D eigenvalue weighted by Crippen LogP contribution is -2.45. The fraction of sp³-hybridized carbons (Fsp3) is 0.929. The zero-order chi connectivity index (χ0) is 12.9. The zero-order valence-electron chi connectivity index (χ0n) is 11.6. The Morgan fingerprint density at radius 3 is 2.67 bits per heavy atom. The number of fused-ring (bicyclic) bond motifs is 1. The Labute approximate surface area is 109 Å². The second-order valence-electron chi connectivity index (χ2n) is 6.24. The first-order valence-electron chi connectivity index (χ1n) is 7.26. The Morgan fingerprint density at radius 1 is 1.22 bits per heavy atom. The van der Waals surface area contributed by atoms with Crippen LogP contribution in [0.3, 0.4) is 0 Å². The summed E-state index contributed by atoms with van der Waals surface area (Å²) < 4.78 is 5.81. The molecule has 18 heavy (non-hydrogen) atoms. The van der Waals surface area contributed by atoms with E-state index in [2.05, 4.69) is 24.1 Å². The molecule has 4 heteroatoms. The molecule has 0 bridgehead atoms. The van der Waals surface area contributed by atoms with E-state index in [-0.39, 0.29) is 18.1 Å². The number of ether oxygens (including phenoxy) is 1. The van der Waals surface area contributed by atoms with Crippen LogP contribution < -0.4 is 5.32 Å². The molecule has 3 heterocycles. The van der Waals surface area contributed by atoms with Crippen LogP contribution in [-0.2, 0) is 9.53 Å². The Hall–Kier alpha value is -0.610. The topological polar surface area (TPSA) is 41.6 Å². The highest BCUT2D eigenvalue weighted by Gasteiger charge is 2.47. The largest absolute Gasteiger partial charge is 0.374 e. The summed E-state index contributed by atoms with van der Waals surface area (Å²) in [4.78, 5) is 14.9. The van der Waals surface area contributed by atoms with Gasteiger partial charge in [0, 0.05) is 25.7 Å². The summed E-state index contributed by atoms with van der Waals surface area (Å²) >= 11 is 0. The van der Waals surface area contributed by atoms with Crippen LogP contribution in [0, 0.1) is 17.8 Å². The molecule has 0 aromatic heterocycles. The molecule has 4 nitrogen and oxygen atoms in total. The number of hydrogen-bond acceptors (Lipinski definition) is 3. The predicted molar refractivity (Wildman–Crippen MR) is 69.1 cm³/mol. The number of rotatable bonds is 1. The number of nitrogens with one attached hydrogen (secondary N) is 1. The van der Waals surface area contributed by atoms with Gasteiger partial charge in [0.2, 0.25) is 5.91 Å². The molecule has 4 unspecified atom stereocenters. The van der Waals surface area contributed by atoms with Crippen molar-refractivity contribution in [3.05, 3.63) is 0 Å². The van der Waals surface area contributed by atoms with Gasteiger partial charge in [-0.2, -0.15) is 0 Å². The lowest BCUT2D eigenvalue weighted by Gasteiger charge is -2.29. The summed E-state index contributed by atoms with van der Waals surface area (Å²) in [5, 5.41) is 3.41. The maximum atomic E-state index is 12.8. The van der Waals surface area contributed by atoms with Crippen LogP contribution in [0.2, 0.25) is 0 Å². The van der Waals surface area contributed by atoms with Gasteiger partial charge in [0.05, 0.1) is 18.1 Å². The van der Waals surface area contributed by atoms with Crippen molar-refractivity contribution < 1.29 is 9.53 Å². The minimum absolute atomic E-state index is 0.0550. The molecule has 0 saturated carbocycles. The first-order valence-corrected chi connectivity index (χ1v) is 7.26. The van der Waals surface area contributed by atoms with E-state index in [1.807, 2.05) is 6.92 Å². The molecule has 3 fully saturated rings. The Morgan fingerprint density at radius 2 is 2.00 bits per heavy atom. The minimum atomic E-state index is 0.0550. The van der Waals surface area contributed by atoms with Gasteiger partial charge in [-0.25, -0.2) is 0 Å². The fourth-order valence-corrected chi connectivity index (χ4v) is 4.01. The van der Waals surface area contributed by atoms with E-state index in [9.17, 15) is 4.79 Å². The second kappa shape index (κ2) is 4.49. The van der Waals surface area contributed by atoms with Gasteiger partial charge in [0.1, 0.15) is 0 Å². The van der Waals surface area contributed by atoms with Crippen LogP contribution in [-0.4, -0.2) is 48.7 Å². The fourth-order valence-electron chi connectivity index (χ4n) is 4.01. The molecular formula is C14H24N2O2. The molecule has 102 valence electrons. The molecule has 3 aliphatic heterocycles. The van der Waals surface area contributed by atoms with E-state index in [0.717, 1.165) is 26.1 Å². The maximum absolute atomic E-state index is 12.8. The van der Waals surface area contributed by atoms with Crippen LogP contribution in [0.1, 0.15) is 27.2 Å². The van der Waals surface area contributed by atoms with Gasteiger partial charge in [-0.15, -0.1) is 0 Å². The highest BCUT2D eigenvalue weighted by atomic mass is 16.5. The molecule has 0 aromatic rings. The van der Waals surface area contributed by atoms with Crippen molar-refractivity contribution >= 4 is 5.91 Å². The molecule has 0 radical (unpaired) electrons. The van der Waals surface area contributed by atoms with Gasteiger partial charge in [0.25, 0.3) is 0 Å². The van der Waals surface area contributed by atoms with Gasteiger partial charge in [-0.3, -0.25) is 4.79 Å². The van der Waals surface area contributed by atoms with Gasteiger partial charge < -0.3 is 15.0 Å². The monoisotopic (exact) mass is 252 g/mol. The van der Waals surface area contributed by atoms with E-state index >= 15 is 0 Å². The number of carbonyl (C=O) groups excluding carboxylic acids is 1. The third kappa shape index (κ3) is 1.77. The van der Waals surface area contributed by atoms with E-state index in [1.54, 1.807) is 0 Å². The van der Waals surface area contributed by atoms with Crippen molar-refractivity contribution in [1.82, 2.24) is 10.2 Å². The molecule has 1 N–H and O–H groups in total. The SMILES string of the molecule is CC1OC(C)C(C(=O)N2CC[C@H]3CNC[C@H]32)C1C. The van der Waals surface area contributed by atoms with Crippen molar-refractivity contribution in [2.24, 2.45) is 17.8 Å². The first kappa shape index (κ1) is 12.4. The standard InChI is InChI=1S/C14H24N2O2/c1-8-9(2)18-10(3)13(8)14(17)16-5-4-11-6-15-7-12(11)16/h8-13,15H,4-7H2,1-3H3/t8?,9?,10?,11-,12+,13?/m0/s1. The number of nitrogens with zero attached hydrogens (tertiary/aromatic N) is 1. The summed E-state index contributed by atoms with van der Waals surface area (Å²) in [6.07, 6.45) is 1.43. The van der Waals surface area contributed by atoms with Gasteiger partial charge in [-0.1, -0.05) is 6.92 Å². The summed E-state index contributed by atoms with van der Waals surface area (Å²) in [6, 6.07) is 0.438. The van der Waals surface area contributed by atoms with Gasteiger partial charge >= 0.3 is 0 Å². The van der Waals surface area contributed by atoms with E-state index in [4.69, 9.17) is 4.74 Å². The lowest BCUT2D eigenvalue weighted by atomic mass is 9.88. The van der Waals surface area contributed by atoms with Crippen LogP contribution in [0.25, 0.3) is 0 Å². The number of likely N-dealkylation sites (tertiary alicyclic amines) is 1. The van der Waals surface area contributed by atoms with E-state index in [1.165, 1.54) is 0 Å². The number of carbonyl (C=O) groups is 1. The van der Waals surface area contributed by atoms with Crippen molar-refractivity contribution in [2.75, 3.05) is 19.6 Å². The van der Waals surface area contributed by atoms with E-state index in [0.29, 0.717) is 23.8 Å². The van der Waals surface area contributed by atoms with Crippen molar-refractivity contribution in [3.8, 4) is 0 Å². The molecule has 0 aromatic carbocycles. The Balaban J connectivity index is 1.74. The predicted octanol–water partition coefficient (Wildman–Crippen LogP) is 0.866. The van der Waals surface area contributed by atoms with Crippen molar-refractivity contribution in [2.45, 2.75) is 45.4 Å². The van der Waals surface area contributed by atoms with Crippen LogP contribution in [0.4, 0.5) is 0 Å². The zero-order valence-corrected chi connectivity index (χ0v) is 11.6. The Kier molecular flexibility index (Phi) is 3.10. The highest BCUT2D eigenvalue weighted by Crippen LogP contribution is 2.36. The third-order valence-electron chi connectivity index (χ3n) is 5.26. The molecule has 0 spiro atoms. The van der Waals surface area contributed by atoms with Gasteiger partial charge in [-0.05, 0) is 32.1 Å². The third-order valence-corrected chi connectivity index (χ3v) is 5.26. The molecule has 3 rings (SSSR count). The first-order chi connectivity index (χ1) is 8.59. The maximum Gasteiger partial charge on any atom is 0.228 e. The summed E-state index contributed by atoms with van der Waals surface area (Å²) in [5.41, 5.74) is 0. The molecule has 3 aliphatic rings. The normalized spacial score (nSPS) is 47.6. The Bertz CT molecular complexity index is 347. The van der Waals surface area contributed by atoms with E-state index < -0.39 is 0 Å². The van der Waals surface area contributed by atoms with Gasteiger partial charge in [0.15, 0.2) is 0 Å². The number of hydrogen-bond donors (Lipinski definition) is 1.